The molecule has 0 N–H and O–H groups in total. The number of nitro groups is 1. The van der Waals surface area contributed by atoms with Crippen molar-refractivity contribution in [2.45, 2.75) is 0 Å². The number of fused-ring (bicyclic) bond motifs is 1. The van der Waals surface area contributed by atoms with Crippen LogP contribution in [0.2, 0.25) is 0 Å². The van der Waals surface area contributed by atoms with E-state index in [2.05, 4.69) is 0 Å². The van der Waals surface area contributed by atoms with Crippen molar-refractivity contribution in [3.8, 4) is 0 Å². The van der Waals surface area contributed by atoms with Crippen molar-refractivity contribution < 1.29 is 19.3 Å². The molecule has 0 aliphatic carbocycles. The monoisotopic (exact) mass is 415 g/mol. The Bertz CT molecular complexity index is 1140. The van der Waals surface area contributed by atoms with Gasteiger partial charge in [0.25, 0.3) is 23.4 Å². The van der Waals surface area contributed by atoms with Crippen LogP contribution in [0, 0.1) is 10.1 Å². The second-order valence-corrected chi connectivity index (χ2v) is 6.90. The zero-order chi connectivity index (χ0) is 22.0. The molecule has 0 radical (unpaired) electrons. The molecule has 31 heavy (non-hydrogen) atoms. The first-order valence-electron chi connectivity index (χ1n) is 9.54. The van der Waals surface area contributed by atoms with Crippen LogP contribution in [0.25, 0.3) is 0 Å². The summed E-state index contributed by atoms with van der Waals surface area (Å²) in [6.07, 6.45) is 0. The quantitative estimate of drug-likeness (QED) is 0.348. The SMILES string of the molecule is O=C1c2ccccc2C(=O)N1CCN(C(=O)c1ccc([N+](=O)[O-])cc1)c1ccccc1. The largest absolute Gasteiger partial charge is 0.307 e. The summed E-state index contributed by atoms with van der Waals surface area (Å²) in [6.45, 7) is 0.0886. The molecule has 0 atom stereocenters. The highest BCUT2D eigenvalue weighted by molar-refractivity contribution is 6.21. The third-order valence-corrected chi connectivity index (χ3v) is 5.06. The lowest BCUT2D eigenvalue weighted by atomic mass is 10.1. The van der Waals surface area contributed by atoms with Crippen molar-refractivity contribution in [1.29, 1.82) is 0 Å². The number of para-hydroxylation sites is 1. The maximum Gasteiger partial charge on any atom is 0.269 e. The molecule has 0 saturated carbocycles. The van der Waals surface area contributed by atoms with Gasteiger partial charge in [-0.1, -0.05) is 30.3 Å². The number of nitro benzene ring substituents is 1. The standard InChI is InChI=1S/C23H17N3O5/c27-21(16-10-12-18(13-11-16)26(30)31)24(17-6-2-1-3-7-17)14-15-25-22(28)19-8-4-5-9-20(19)23(25)29/h1-13H,14-15H2. The van der Waals surface area contributed by atoms with Crippen LogP contribution in [-0.2, 0) is 0 Å². The van der Waals surface area contributed by atoms with E-state index in [4.69, 9.17) is 0 Å². The third-order valence-electron chi connectivity index (χ3n) is 5.06. The van der Waals surface area contributed by atoms with Gasteiger partial charge in [0.05, 0.1) is 16.1 Å². The average molecular weight is 415 g/mol. The number of carbonyl (C=O) groups excluding carboxylic acids is 3. The van der Waals surface area contributed by atoms with Gasteiger partial charge in [-0.15, -0.1) is 0 Å². The molecule has 0 fully saturated rings. The molecule has 0 aromatic heterocycles. The minimum atomic E-state index is -0.536. The van der Waals surface area contributed by atoms with Crippen molar-refractivity contribution in [1.82, 2.24) is 4.90 Å². The van der Waals surface area contributed by atoms with E-state index in [1.54, 1.807) is 48.5 Å². The minimum absolute atomic E-state index is 0.0139. The predicted molar refractivity (Wildman–Crippen MR) is 113 cm³/mol. The lowest BCUT2D eigenvalue weighted by Crippen LogP contribution is -2.41. The molecular formula is C23H17N3O5. The van der Waals surface area contributed by atoms with E-state index in [1.165, 1.54) is 29.2 Å². The first kappa shape index (κ1) is 20.0. The number of hydrogen-bond donors (Lipinski definition) is 0. The molecule has 0 spiro atoms. The van der Waals surface area contributed by atoms with Crippen LogP contribution in [0.4, 0.5) is 11.4 Å². The van der Waals surface area contributed by atoms with E-state index in [9.17, 15) is 24.5 Å². The Morgan fingerprint density at radius 2 is 1.39 bits per heavy atom. The summed E-state index contributed by atoms with van der Waals surface area (Å²) in [5, 5.41) is 10.9. The van der Waals surface area contributed by atoms with E-state index >= 15 is 0 Å². The van der Waals surface area contributed by atoms with Crippen LogP contribution < -0.4 is 4.90 Å². The zero-order valence-corrected chi connectivity index (χ0v) is 16.3. The topological polar surface area (TPSA) is 101 Å². The van der Waals surface area contributed by atoms with Gasteiger partial charge in [-0.3, -0.25) is 29.4 Å². The third kappa shape index (κ3) is 3.78. The Labute approximate surface area is 177 Å². The van der Waals surface area contributed by atoms with Crippen LogP contribution in [0.5, 0.6) is 0 Å². The number of carbonyl (C=O) groups is 3. The summed E-state index contributed by atoms with van der Waals surface area (Å²) < 4.78 is 0. The molecule has 4 rings (SSSR count). The summed E-state index contributed by atoms with van der Waals surface area (Å²) in [7, 11) is 0. The van der Waals surface area contributed by atoms with E-state index < -0.39 is 22.6 Å². The molecule has 8 nitrogen and oxygen atoms in total. The van der Waals surface area contributed by atoms with Gasteiger partial charge in [-0.05, 0) is 36.4 Å². The fourth-order valence-corrected chi connectivity index (χ4v) is 3.48. The Hall–Kier alpha value is -4.33. The number of anilines is 1. The van der Waals surface area contributed by atoms with Crippen molar-refractivity contribution in [2.75, 3.05) is 18.0 Å². The normalized spacial score (nSPS) is 12.6. The highest BCUT2D eigenvalue weighted by atomic mass is 16.6. The lowest BCUT2D eigenvalue weighted by molar-refractivity contribution is -0.384. The van der Waals surface area contributed by atoms with Crippen molar-refractivity contribution in [3.05, 3.63) is 106 Å². The Morgan fingerprint density at radius 3 is 1.94 bits per heavy atom. The first-order chi connectivity index (χ1) is 15.0. The van der Waals surface area contributed by atoms with Crippen LogP contribution >= 0.6 is 0 Å². The zero-order valence-electron chi connectivity index (χ0n) is 16.3. The molecule has 1 aliphatic rings. The van der Waals surface area contributed by atoms with Gasteiger partial charge in [0.1, 0.15) is 0 Å². The highest BCUT2D eigenvalue weighted by Gasteiger charge is 2.35. The number of benzene rings is 3. The molecule has 0 unspecified atom stereocenters. The highest BCUT2D eigenvalue weighted by Crippen LogP contribution is 2.24. The molecule has 3 aromatic carbocycles. The summed E-state index contributed by atoms with van der Waals surface area (Å²) in [4.78, 5) is 51.4. The molecular weight excluding hydrogens is 398 g/mol. The molecule has 3 amide bonds. The number of imide groups is 1. The number of non-ortho nitro benzene ring substituents is 1. The lowest BCUT2D eigenvalue weighted by Gasteiger charge is -2.25. The molecule has 3 aromatic rings. The van der Waals surface area contributed by atoms with Gasteiger partial charge in [0, 0.05) is 36.5 Å². The second-order valence-electron chi connectivity index (χ2n) is 6.90. The maximum atomic E-state index is 13.2. The summed E-state index contributed by atoms with van der Waals surface area (Å²) in [6, 6.07) is 20.7. The van der Waals surface area contributed by atoms with Gasteiger partial charge in [0.2, 0.25) is 0 Å². The van der Waals surface area contributed by atoms with Gasteiger partial charge < -0.3 is 4.90 Å². The molecule has 8 heteroatoms. The molecule has 1 heterocycles. The minimum Gasteiger partial charge on any atom is -0.307 e. The second kappa shape index (κ2) is 8.19. The van der Waals surface area contributed by atoms with E-state index in [0.29, 0.717) is 16.8 Å². The van der Waals surface area contributed by atoms with Crippen molar-refractivity contribution in [2.24, 2.45) is 0 Å². The first-order valence-corrected chi connectivity index (χ1v) is 9.54. The molecule has 154 valence electrons. The van der Waals surface area contributed by atoms with Gasteiger partial charge in [0.15, 0.2) is 0 Å². The average Bonchev–Trinajstić information content (AvgIpc) is 3.05. The fraction of sp³-hybridized carbons (Fsp3) is 0.0870. The number of amides is 3. The Kier molecular flexibility index (Phi) is 5.28. The number of hydrogen-bond acceptors (Lipinski definition) is 5. The van der Waals surface area contributed by atoms with Crippen LogP contribution in [0.3, 0.4) is 0 Å². The molecule has 0 saturated heterocycles. The van der Waals surface area contributed by atoms with Crippen LogP contribution in [-0.4, -0.2) is 40.6 Å². The Morgan fingerprint density at radius 1 is 0.839 bits per heavy atom. The Balaban J connectivity index is 1.58. The van der Waals surface area contributed by atoms with Crippen LogP contribution in [0.1, 0.15) is 31.1 Å². The van der Waals surface area contributed by atoms with Gasteiger partial charge >= 0.3 is 0 Å². The van der Waals surface area contributed by atoms with Crippen LogP contribution in [0.15, 0.2) is 78.9 Å². The van der Waals surface area contributed by atoms with E-state index in [0.717, 1.165) is 4.90 Å². The smallest absolute Gasteiger partial charge is 0.269 e. The maximum absolute atomic E-state index is 13.2. The summed E-state index contributed by atoms with van der Waals surface area (Å²) in [5.74, 6) is -1.18. The summed E-state index contributed by atoms with van der Waals surface area (Å²) in [5.41, 5.74) is 1.43. The van der Waals surface area contributed by atoms with E-state index in [-0.39, 0.29) is 24.3 Å². The summed E-state index contributed by atoms with van der Waals surface area (Å²) >= 11 is 0. The number of rotatable bonds is 6. The van der Waals surface area contributed by atoms with Gasteiger partial charge in [-0.2, -0.15) is 0 Å². The predicted octanol–water partition coefficient (Wildman–Crippen LogP) is 3.54. The van der Waals surface area contributed by atoms with Crippen molar-refractivity contribution in [3.63, 3.8) is 0 Å². The number of nitrogens with zero attached hydrogens (tertiary/aromatic N) is 3. The van der Waals surface area contributed by atoms with E-state index in [1.807, 2.05) is 6.07 Å². The van der Waals surface area contributed by atoms with Gasteiger partial charge in [-0.25, -0.2) is 0 Å². The van der Waals surface area contributed by atoms with Crippen molar-refractivity contribution >= 4 is 29.1 Å². The molecule has 0 bridgehead atoms. The molecule has 1 aliphatic heterocycles. The fourth-order valence-electron chi connectivity index (χ4n) is 3.48.